The predicted octanol–water partition coefficient (Wildman–Crippen LogP) is 2.72. The summed E-state index contributed by atoms with van der Waals surface area (Å²) in [5.41, 5.74) is 4.06. The molecule has 1 aliphatic rings. The van der Waals surface area contributed by atoms with Gasteiger partial charge in [0.2, 0.25) is 10.0 Å². The van der Waals surface area contributed by atoms with Crippen molar-refractivity contribution in [3.05, 3.63) is 64.7 Å². The summed E-state index contributed by atoms with van der Waals surface area (Å²) in [4.78, 5) is 12.5. The van der Waals surface area contributed by atoms with E-state index in [9.17, 15) is 13.2 Å². The molecule has 0 radical (unpaired) electrons. The molecule has 0 aromatic heterocycles. The summed E-state index contributed by atoms with van der Waals surface area (Å²) in [7, 11) is -3.38. The highest BCUT2D eigenvalue weighted by atomic mass is 32.2. The fourth-order valence-electron chi connectivity index (χ4n) is 2.96. The van der Waals surface area contributed by atoms with E-state index in [1.54, 1.807) is 24.3 Å². The number of morpholine rings is 1. The van der Waals surface area contributed by atoms with Gasteiger partial charge >= 0.3 is 0 Å². The average molecular weight is 388 g/mol. The van der Waals surface area contributed by atoms with E-state index in [4.69, 9.17) is 4.74 Å². The lowest BCUT2D eigenvalue weighted by molar-refractivity contribution is 0.0729. The van der Waals surface area contributed by atoms with Crippen LogP contribution in [0.4, 0.5) is 5.69 Å². The Kier molecular flexibility index (Phi) is 5.94. The average Bonchev–Trinajstić information content (AvgIpc) is 2.66. The van der Waals surface area contributed by atoms with E-state index in [0.717, 1.165) is 16.8 Å². The maximum atomic E-state index is 12.5. The van der Waals surface area contributed by atoms with Gasteiger partial charge in [0.15, 0.2) is 0 Å². The third-order valence-electron chi connectivity index (χ3n) is 4.78. The zero-order chi connectivity index (χ0) is 19.4. The minimum Gasteiger partial charge on any atom is -0.379 e. The summed E-state index contributed by atoms with van der Waals surface area (Å²) in [5.74, 6) is -0.294. The van der Waals surface area contributed by atoms with Gasteiger partial charge in [0.1, 0.15) is 0 Å². The van der Waals surface area contributed by atoms with Gasteiger partial charge < -0.3 is 10.1 Å². The van der Waals surface area contributed by atoms with Gasteiger partial charge in [0, 0.05) is 24.3 Å². The van der Waals surface area contributed by atoms with Crippen LogP contribution in [0, 0.1) is 13.8 Å². The highest BCUT2D eigenvalue weighted by Gasteiger charge is 2.24. The molecule has 0 bridgehead atoms. The van der Waals surface area contributed by atoms with Gasteiger partial charge in [-0.25, -0.2) is 8.42 Å². The van der Waals surface area contributed by atoms with Crippen LogP contribution in [0.15, 0.2) is 42.5 Å². The van der Waals surface area contributed by atoms with Gasteiger partial charge in [-0.1, -0.05) is 24.3 Å². The second-order valence-corrected chi connectivity index (χ2v) is 8.64. The zero-order valence-corrected chi connectivity index (χ0v) is 16.4. The van der Waals surface area contributed by atoms with Crippen LogP contribution in [-0.2, 0) is 20.5 Å². The Morgan fingerprint density at radius 3 is 2.41 bits per heavy atom. The molecule has 1 aliphatic heterocycles. The van der Waals surface area contributed by atoms with Gasteiger partial charge in [-0.3, -0.25) is 4.79 Å². The summed E-state index contributed by atoms with van der Waals surface area (Å²) >= 11 is 0. The first-order valence-corrected chi connectivity index (χ1v) is 10.5. The molecule has 0 saturated carbocycles. The Morgan fingerprint density at radius 1 is 1.07 bits per heavy atom. The minimum absolute atomic E-state index is 0.0775. The van der Waals surface area contributed by atoms with Crippen LogP contribution in [0.2, 0.25) is 0 Å². The Morgan fingerprint density at radius 2 is 1.74 bits per heavy atom. The molecule has 1 saturated heterocycles. The number of rotatable bonds is 5. The molecule has 6 nitrogen and oxygen atoms in total. The number of carbonyl (C=O) groups excluding carboxylic acids is 1. The first-order valence-electron chi connectivity index (χ1n) is 8.89. The fourth-order valence-corrected chi connectivity index (χ4v) is 4.46. The number of amides is 1. The predicted molar refractivity (Wildman–Crippen MR) is 105 cm³/mol. The molecule has 1 amide bonds. The lowest BCUT2D eigenvalue weighted by atomic mass is 10.1. The Bertz CT molecular complexity index is 917. The normalized spacial score (nSPS) is 15.5. The smallest absolute Gasteiger partial charge is 0.255 e. The lowest BCUT2D eigenvalue weighted by Gasteiger charge is -2.26. The summed E-state index contributed by atoms with van der Waals surface area (Å²) < 4.78 is 31.6. The number of aryl methyl sites for hydroxylation is 1. The van der Waals surface area contributed by atoms with E-state index >= 15 is 0 Å². The first-order chi connectivity index (χ1) is 12.9. The number of hydrogen-bond acceptors (Lipinski definition) is 4. The van der Waals surface area contributed by atoms with Crippen LogP contribution in [0.5, 0.6) is 0 Å². The van der Waals surface area contributed by atoms with Crippen molar-refractivity contribution in [2.24, 2.45) is 0 Å². The van der Waals surface area contributed by atoms with Crippen molar-refractivity contribution < 1.29 is 17.9 Å². The molecule has 144 valence electrons. The summed E-state index contributed by atoms with van der Waals surface area (Å²) in [5, 5.41) is 2.91. The topological polar surface area (TPSA) is 75.7 Å². The zero-order valence-electron chi connectivity index (χ0n) is 15.6. The second kappa shape index (κ2) is 8.21. The van der Waals surface area contributed by atoms with Crippen molar-refractivity contribution in [2.45, 2.75) is 19.6 Å². The fraction of sp³-hybridized carbons (Fsp3) is 0.350. The van der Waals surface area contributed by atoms with Gasteiger partial charge in [0.05, 0.1) is 19.0 Å². The first kappa shape index (κ1) is 19.5. The Hall–Kier alpha value is -2.22. The van der Waals surface area contributed by atoms with Crippen molar-refractivity contribution >= 4 is 21.6 Å². The molecule has 1 heterocycles. The van der Waals surface area contributed by atoms with Crippen LogP contribution in [0.3, 0.4) is 0 Å². The van der Waals surface area contributed by atoms with Gasteiger partial charge in [-0.2, -0.15) is 4.31 Å². The minimum atomic E-state index is -3.38. The number of carbonyl (C=O) groups is 1. The van der Waals surface area contributed by atoms with Crippen LogP contribution >= 0.6 is 0 Å². The largest absolute Gasteiger partial charge is 0.379 e. The molecule has 27 heavy (non-hydrogen) atoms. The number of ether oxygens (including phenoxy) is 1. The summed E-state index contributed by atoms with van der Waals surface area (Å²) in [6.07, 6.45) is 0. The van der Waals surface area contributed by atoms with Crippen LogP contribution < -0.4 is 5.32 Å². The number of hydrogen-bond donors (Lipinski definition) is 1. The maximum Gasteiger partial charge on any atom is 0.255 e. The third-order valence-corrected chi connectivity index (χ3v) is 6.63. The van der Waals surface area contributed by atoms with Crippen LogP contribution in [0.1, 0.15) is 27.0 Å². The molecular formula is C20H24N2O4S. The molecule has 2 aromatic rings. The molecular weight excluding hydrogens is 364 g/mol. The molecule has 0 spiro atoms. The molecule has 1 N–H and O–H groups in total. The van der Waals surface area contributed by atoms with E-state index < -0.39 is 10.0 Å². The van der Waals surface area contributed by atoms with Gasteiger partial charge in [-0.15, -0.1) is 0 Å². The summed E-state index contributed by atoms with van der Waals surface area (Å²) in [6, 6.07) is 12.5. The highest BCUT2D eigenvalue weighted by Crippen LogP contribution is 2.19. The van der Waals surface area contributed by atoms with Crippen molar-refractivity contribution in [3.63, 3.8) is 0 Å². The SMILES string of the molecule is Cc1cccc(NC(=O)c2ccc(CS(=O)(=O)N3CCOCC3)cc2)c1C. The number of nitrogens with one attached hydrogen (secondary N) is 1. The molecule has 2 aromatic carbocycles. The monoisotopic (exact) mass is 388 g/mol. The second-order valence-electron chi connectivity index (χ2n) is 6.67. The Balaban J connectivity index is 1.67. The van der Waals surface area contributed by atoms with Gasteiger partial charge in [-0.05, 0) is 48.7 Å². The van der Waals surface area contributed by atoms with Crippen molar-refractivity contribution in [2.75, 3.05) is 31.6 Å². The third kappa shape index (κ3) is 4.74. The van der Waals surface area contributed by atoms with E-state index in [2.05, 4.69) is 5.32 Å². The van der Waals surface area contributed by atoms with E-state index in [1.165, 1.54) is 4.31 Å². The molecule has 1 fully saturated rings. The number of nitrogens with zero attached hydrogens (tertiary/aromatic N) is 1. The lowest BCUT2D eigenvalue weighted by Crippen LogP contribution is -2.41. The van der Waals surface area contributed by atoms with Crippen molar-refractivity contribution in [1.82, 2.24) is 4.31 Å². The standard InChI is InChI=1S/C20H24N2O4S/c1-15-4-3-5-19(16(15)2)21-20(23)18-8-6-17(7-9-18)14-27(24,25)22-10-12-26-13-11-22/h3-9H,10-14H2,1-2H3,(H,21,23). The maximum absolute atomic E-state index is 12.5. The molecule has 0 atom stereocenters. The quantitative estimate of drug-likeness (QED) is 0.855. The Labute approximate surface area is 160 Å². The van der Waals surface area contributed by atoms with Crippen molar-refractivity contribution in [3.8, 4) is 0 Å². The highest BCUT2D eigenvalue weighted by molar-refractivity contribution is 7.88. The van der Waals surface area contributed by atoms with Crippen LogP contribution in [0.25, 0.3) is 0 Å². The molecule has 3 rings (SSSR count). The molecule has 0 unspecified atom stereocenters. The number of benzene rings is 2. The van der Waals surface area contributed by atoms with Crippen molar-refractivity contribution in [1.29, 1.82) is 0 Å². The van der Waals surface area contributed by atoms with E-state index in [-0.39, 0.29) is 11.7 Å². The van der Waals surface area contributed by atoms with E-state index in [1.807, 2.05) is 32.0 Å². The van der Waals surface area contributed by atoms with Crippen LogP contribution in [-0.4, -0.2) is 44.9 Å². The molecule has 0 aliphatic carbocycles. The van der Waals surface area contributed by atoms with Gasteiger partial charge in [0.25, 0.3) is 5.91 Å². The number of anilines is 1. The number of sulfonamides is 1. The summed E-state index contributed by atoms with van der Waals surface area (Å²) in [6.45, 7) is 5.59. The molecule has 7 heteroatoms. The van der Waals surface area contributed by atoms with E-state index in [0.29, 0.717) is 37.4 Å².